The number of carbonyl (C=O) groups is 3. The van der Waals surface area contributed by atoms with Crippen LogP contribution in [0.2, 0.25) is 0 Å². The van der Waals surface area contributed by atoms with Crippen LogP contribution in [0.3, 0.4) is 0 Å². The molecular formula is C20H26N4O4. The van der Waals surface area contributed by atoms with E-state index in [1.165, 1.54) is 0 Å². The number of piperidine rings is 1. The molecular weight excluding hydrogens is 360 g/mol. The largest absolute Gasteiger partial charge is 0.480 e. The number of aliphatic carboxylic acids is 1. The number of nitrogens with one attached hydrogen (secondary N) is 3. The van der Waals surface area contributed by atoms with E-state index in [2.05, 4.69) is 15.6 Å². The lowest BCUT2D eigenvalue weighted by atomic mass is 10.0. The number of carboxylic acids is 1. The molecule has 1 aliphatic heterocycles. The molecule has 1 fully saturated rings. The summed E-state index contributed by atoms with van der Waals surface area (Å²) in [5.74, 6) is -1.28. The number of likely N-dealkylation sites (tertiary alicyclic amines) is 1. The average Bonchev–Trinajstić information content (AvgIpc) is 3.09. The van der Waals surface area contributed by atoms with Crippen LogP contribution in [0.1, 0.15) is 31.7 Å². The zero-order chi connectivity index (χ0) is 20.1. The molecule has 3 amide bonds. The lowest BCUT2D eigenvalue weighted by Gasteiger charge is -2.33. The molecule has 2 aromatic rings. The molecule has 0 saturated carbocycles. The minimum absolute atomic E-state index is 0.143. The van der Waals surface area contributed by atoms with Gasteiger partial charge in [0.15, 0.2) is 0 Å². The summed E-state index contributed by atoms with van der Waals surface area (Å²) in [4.78, 5) is 40.9. The van der Waals surface area contributed by atoms with Gasteiger partial charge in [-0.25, -0.2) is 9.59 Å². The zero-order valence-electron chi connectivity index (χ0n) is 15.9. The number of hydrogen-bond donors (Lipinski definition) is 4. The van der Waals surface area contributed by atoms with Gasteiger partial charge in [0.25, 0.3) is 0 Å². The Morgan fingerprint density at radius 3 is 2.82 bits per heavy atom. The topological polar surface area (TPSA) is 115 Å². The Balaban J connectivity index is 1.56. The van der Waals surface area contributed by atoms with Gasteiger partial charge < -0.3 is 25.6 Å². The summed E-state index contributed by atoms with van der Waals surface area (Å²) in [6.07, 6.45) is 4.93. The van der Waals surface area contributed by atoms with Crippen LogP contribution < -0.4 is 10.6 Å². The lowest BCUT2D eigenvalue weighted by Crippen LogP contribution is -2.51. The first-order valence-electron chi connectivity index (χ1n) is 9.57. The standard InChI is InChI=1S/C20H26N4O4/c1-13-6-4-5-9-24(13)18(25)12-22-20(28)23-17(19(26)27)10-14-11-21-16-8-3-2-7-15(14)16/h2-3,7-8,11,13,17,21H,4-6,9-10,12H2,1H3,(H,26,27)(H2,22,23,28)/t13-,17+/m1/s1. The number of para-hydroxylation sites is 1. The van der Waals surface area contributed by atoms with Gasteiger partial charge in [-0.3, -0.25) is 4.79 Å². The van der Waals surface area contributed by atoms with E-state index in [-0.39, 0.29) is 24.9 Å². The molecule has 0 unspecified atom stereocenters. The number of rotatable bonds is 6. The molecule has 3 rings (SSSR count). The maximum atomic E-state index is 12.3. The van der Waals surface area contributed by atoms with E-state index in [9.17, 15) is 19.5 Å². The van der Waals surface area contributed by atoms with Crippen LogP contribution in [0.4, 0.5) is 4.79 Å². The highest BCUT2D eigenvalue weighted by molar-refractivity contribution is 5.88. The lowest BCUT2D eigenvalue weighted by molar-refractivity contribution is -0.139. The molecule has 1 aromatic carbocycles. The third-order valence-electron chi connectivity index (χ3n) is 5.23. The third kappa shape index (κ3) is 4.62. The molecule has 1 aliphatic rings. The van der Waals surface area contributed by atoms with E-state index in [1.54, 1.807) is 11.1 Å². The fraction of sp³-hybridized carbons (Fsp3) is 0.450. The van der Waals surface area contributed by atoms with Crippen molar-refractivity contribution in [3.05, 3.63) is 36.0 Å². The predicted molar refractivity (Wildman–Crippen MR) is 105 cm³/mol. The highest BCUT2D eigenvalue weighted by Crippen LogP contribution is 2.19. The van der Waals surface area contributed by atoms with Crippen molar-refractivity contribution >= 4 is 28.8 Å². The number of aromatic nitrogens is 1. The number of H-pyrrole nitrogens is 1. The maximum absolute atomic E-state index is 12.3. The van der Waals surface area contributed by atoms with Gasteiger partial charge in [-0.1, -0.05) is 18.2 Å². The molecule has 0 spiro atoms. The Labute approximate surface area is 163 Å². The number of hydrogen-bond acceptors (Lipinski definition) is 3. The fourth-order valence-corrected chi connectivity index (χ4v) is 3.66. The Bertz CT molecular complexity index is 863. The smallest absolute Gasteiger partial charge is 0.326 e. The SMILES string of the molecule is C[C@@H]1CCCCN1C(=O)CNC(=O)N[C@@H](Cc1c[nH]c2ccccc12)C(=O)O. The summed E-state index contributed by atoms with van der Waals surface area (Å²) in [5.41, 5.74) is 1.72. The molecule has 2 atom stereocenters. The molecule has 28 heavy (non-hydrogen) atoms. The maximum Gasteiger partial charge on any atom is 0.326 e. The van der Waals surface area contributed by atoms with E-state index in [0.29, 0.717) is 6.54 Å². The number of amides is 3. The van der Waals surface area contributed by atoms with Crippen LogP contribution in [0.5, 0.6) is 0 Å². The first-order valence-corrected chi connectivity index (χ1v) is 9.57. The van der Waals surface area contributed by atoms with Crippen molar-refractivity contribution in [1.82, 2.24) is 20.5 Å². The highest BCUT2D eigenvalue weighted by atomic mass is 16.4. The zero-order valence-corrected chi connectivity index (χ0v) is 15.9. The highest BCUT2D eigenvalue weighted by Gasteiger charge is 2.25. The van der Waals surface area contributed by atoms with E-state index >= 15 is 0 Å². The second kappa shape index (κ2) is 8.77. The van der Waals surface area contributed by atoms with Gasteiger partial charge in [-0.05, 0) is 37.8 Å². The van der Waals surface area contributed by atoms with Crippen LogP contribution in [-0.2, 0) is 16.0 Å². The molecule has 0 radical (unpaired) electrons. The van der Waals surface area contributed by atoms with Gasteiger partial charge in [-0.2, -0.15) is 0 Å². The first kappa shape index (κ1) is 19.7. The van der Waals surface area contributed by atoms with Crippen molar-refractivity contribution < 1.29 is 19.5 Å². The molecule has 150 valence electrons. The third-order valence-corrected chi connectivity index (χ3v) is 5.23. The summed E-state index contributed by atoms with van der Waals surface area (Å²) in [5, 5.41) is 15.3. The van der Waals surface area contributed by atoms with Crippen molar-refractivity contribution in [1.29, 1.82) is 0 Å². The summed E-state index contributed by atoms with van der Waals surface area (Å²) in [7, 11) is 0. The number of carbonyl (C=O) groups excluding carboxylic acids is 2. The minimum Gasteiger partial charge on any atom is -0.480 e. The second-order valence-corrected chi connectivity index (χ2v) is 7.21. The van der Waals surface area contributed by atoms with Crippen LogP contribution in [0, 0.1) is 0 Å². The van der Waals surface area contributed by atoms with Gasteiger partial charge in [0, 0.05) is 36.1 Å². The summed E-state index contributed by atoms with van der Waals surface area (Å²) < 4.78 is 0. The van der Waals surface area contributed by atoms with Crippen molar-refractivity contribution in [2.45, 2.75) is 44.7 Å². The monoisotopic (exact) mass is 386 g/mol. The van der Waals surface area contributed by atoms with E-state index < -0.39 is 18.0 Å². The van der Waals surface area contributed by atoms with Gasteiger partial charge in [0.1, 0.15) is 6.04 Å². The fourth-order valence-electron chi connectivity index (χ4n) is 3.66. The molecule has 0 bridgehead atoms. The van der Waals surface area contributed by atoms with Crippen molar-refractivity contribution in [2.24, 2.45) is 0 Å². The van der Waals surface area contributed by atoms with Gasteiger partial charge in [-0.15, -0.1) is 0 Å². The predicted octanol–water partition coefficient (Wildman–Crippen LogP) is 1.86. The van der Waals surface area contributed by atoms with Crippen LogP contribution in [-0.4, -0.2) is 58.1 Å². The number of fused-ring (bicyclic) bond motifs is 1. The van der Waals surface area contributed by atoms with Crippen LogP contribution in [0.15, 0.2) is 30.5 Å². The quantitative estimate of drug-likeness (QED) is 0.607. The first-order chi connectivity index (χ1) is 13.5. The summed E-state index contributed by atoms with van der Waals surface area (Å²) in [6.45, 7) is 2.55. The van der Waals surface area contributed by atoms with Crippen LogP contribution >= 0.6 is 0 Å². The number of urea groups is 1. The Morgan fingerprint density at radius 2 is 2.07 bits per heavy atom. The van der Waals surface area contributed by atoms with Crippen molar-refractivity contribution in [3.8, 4) is 0 Å². The van der Waals surface area contributed by atoms with Crippen molar-refractivity contribution in [2.75, 3.05) is 13.1 Å². The van der Waals surface area contributed by atoms with Gasteiger partial charge in [0.05, 0.1) is 6.54 Å². The van der Waals surface area contributed by atoms with E-state index in [1.807, 2.05) is 31.2 Å². The molecule has 2 heterocycles. The van der Waals surface area contributed by atoms with E-state index in [4.69, 9.17) is 0 Å². The number of aromatic amines is 1. The summed E-state index contributed by atoms with van der Waals surface area (Å²) >= 11 is 0. The van der Waals surface area contributed by atoms with Crippen LogP contribution in [0.25, 0.3) is 10.9 Å². The Morgan fingerprint density at radius 1 is 1.29 bits per heavy atom. The average molecular weight is 386 g/mol. The van der Waals surface area contributed by atoms with Crippen molar-refractivity contribution in [3.63, 3.8) is 0 Å². The molecule has 1 aromatic heterocycles. The summed E-state index contributed by atoms with van der Waals surface area (Å²) in [6, 6.07) is 5.99. The number of carboxylic acid groups (broad SMARTS) is 1. The Hall–Kier alpha value is -3.03. The normalized spacial score (nSPS) is 17.9. The molecule has 8 nitrogen and oxygen atoms in total. The minimum atomic E-state index is -1.13. The Kier molecular flexibility index (Phi) is 6.18. The number of nitrogens with zero attached hydrogens (tertiary/aromatic N) is 1. The van der Waals surface area contributed by atoms with E-state index in [0.717, 1.165) is 35.7 Å². The molecule has 0 aliphatic carbocycles. The van der Waals surface area contributed by atoms with Gasteiger partial charge in [0.2, 0.25) is 5.91 Å². The molecule has 1 saturated heterocycles. The second-order valence-electron chi connectivity index (χ2n) is 7.21. The number of benzene rings is 1. The molecule has 8 heteroatoms. The van der Waals surface area contributed by atoms with Gasteiger partial charge >= 0.3 is 12.0 Å². The molecule has 4 N–H and O–H groups in total.